The molecular formula is C13H13BrClNO2S2. The highest BCUT2D eigenvalue weighted by Gasteiger charge is 2.23. The highest BCUT2D eigenvalue weighted by molar-refractivity contribution is 9.10. The normalized spacial score (nSPS) is 13.3. The van der Waals surface area contributed by atoms with Crippen molar-refractivity contribution < 1.29 is 8.42 Å². The quantitative estimate of drug-likeness (QED) is 0.806. The second-order valence-corrected chi connectivity index (χ2v) is 8.16. The van der Waals surface area contributed by atoms with E-state index in [1.54, 1.807) is 12.1 Å². The number of hydrogen-bond acceptors (Lipinski definition) is 3. The molecule has 7 heteroatoms. The highest BCUT2D eigenvalue weighted by Crippen LogP contribution is 2.28. The van der Waals surface area contributed by atoms with Gasteiger partial charge in [0, 0.05) is 9.35 Å². The van der Waals surface area contributed by atoms with Gasteiger partial charge in [-0.25, -0.2) is 13.1 Å². The van der Waals surface area contributed by atoms with Gasteiger partial charge in [0.25, 0.3) is 0 Å². The van der Waals surface area contributed by atoms with Crippen molar-refractivity contribution in [2.24, 2.45) is 0 Å². The summed E-state index contributed by atoms with van der Waals surface area (Å²) in [5.74, 6) is 0. The van der Waals surface area contributed by atoms with Crippen LogP contribution in [0.2, 0.25) is 5.02 Å². The first-order valence-electron chi connectivity index (χ1n) is 5.95. The lowest BCUT2D eigenvalue weighted by Crippen LogP contribution is -2.28. The number of benzene rings is 1. The SMILES string of the molecule is CCC(NS(=O)(=O)c1ccc(Br)cc1Cl)c1cccs1. The minimum Gasteiger partial charge on any atom is -0.207 e. The summed E-state index contributed by atoms with van der Waals surface area (Å²) in [6.45, 7) is 1.94. The third kappa shape index (κ3) is 3.62. The molecule has 3 nitrogen and oxygen atoms in total. The third-order valence-corrected chi connectivity index (χ3v) is 6.21. The number of halogens is 2. The van der Waals surface area contributed by atoms with Gasteiger partial charge < -0.3 is 0 Å². The van der Waals surface area contributed by atoms with Crippen molar-refractivity contribution in [3.8, 4) is 0 Å². The minimum absolute atomic E-state index is 0.0948. The molecule has 0 aliphatic rings. The number of rotatable bonds is 5. The maximum atomic E-state index is 12.4. The number of sulfonamides is 1. The molecule has 2 rings (SSSR count). The molecule has 1 aromatic carbocycles. The molecule has 1 aromatic heterocycles. The van der Waals surface area contributed by atoms with Gasteiger partial charge in [0.05, 0.1) is 11.1 Å². The Hall–Kier alpha value is -0.400. The zero-order valence-corrected chi connectivity index (χ0v) is 14.6. The molecule has 20 heavy (non-hydrogen) atoms. The van der Waals surface area contributed by atoms with Crippen LogP contribution in [-0.4, -0.2) is 8.42 Å². The molecule has 0 bridgehead atoms. The molecule has 1 N–H and O–H groups in total. The number of nitrogens with one attached hydrogen (secondary N) is 1. The fraction of sp³-hybridized carbons (Fsp3) is 0.231. The molecule has 2 aromatic rings. The Bertz CT molecular complexity index is 686. The van der Waals surface area contributed by atoms with E-state index in [-0.39, 0.29) is 16.0 Å². The summed E-state index contributed by atoms with van der Waals surface area (Å²) in [4.78, 5) is 1.08. The van der Waals surface area contributed by atoms with Gasteiger partial charge in [0.2, 0.25) is 10.0 Å². The van der Waals surface area contributed by atoms with E-state index in [2.05, 4.69) is 20.7 Å². The van der Waals surface area contributed by atoms with Crippen LogP contribution in [0.1, 0.15) is 24.3 Å². The molecule has 0 aliphatic heterocycles. The van der Waals surface area contributed by atoms with Crippen LogP contribution in [0.25, 0.3) is 0 Å². The van der Waals surface area contributed by atoms with Gasteiger partial charge in [-0.2, -0.15) is 0 Å². The van der Waals surface area contributed by atoms with Crippen LogP contribution in [0.5, 0.6) is 0 Å². The van der Waals surface area contributed by atoms with E-state index >= 15 is 0 Å². The van der Waals surface area contributed by atoms with E-state index in [1.807, 2.05) is 24.4 Å². The van der Waals surface area contributed by atoms with E-state index in [0.717, 1.165) is 9.35 Å². The van der Waals surface area contributed by atoms with Gasteiger partial charge in [0.1, 0.15) is 4.90 Å². The first kappa shape index (κ1) is 16.0. The summed E-state index contributed by atoms with van der Waals surface area (Å²) < 4.78 is 28.3. The van der Waals surface area contributed by atoms with Crippen LogP contribution in [-0.2, 0) is 10.0 Å². The van der Waals surface area contributed by atoms with Crippen molar-refractivity contribution in [3.63, 3.8) is 0 Å². The van der Waals surface area contributed by atoms with Crippen molar-refractivity contribution in [3.05, 3.63) is 50.1 Å². The Balaban J connectivity index is 2.31. The summed E-state index contributed by atoms with van der Waals surface area (Å²) in [5.41, 5.74) is 0. The predicted molar refractivity (Wildman–Crippen MR) is 86.8 cm³/mol. The molecule has 1 atom stereocenters. The Morgan fingerprint density at radius 2 is 2.15 bits per heavy atom. The average molecular weight is 395 g/mol. The van der Waals surface area contributed by atoms with Gasteiger partial charge >= 0.3 is 0 Å². The first-order chi connectivity index (χ1) is 9.44. The predicted octanol–water partition coefficient (Wildman–Crippen LogP) is 4.59. The van der Waals surface area contributed by atoms with E-state index < -0.39 is 10.0 Å². The van der Waals surface area contributed by atoms with E-state index in [9.17, 15) is 8.42 Å². The maximum absolute atomic E-state index is 12.4. The molecule has 1 unspecified atom stereocenters. The van der Waals surface area contributed by atoms with Crippen LogP contribution in [0, 0.1) is 0 Å². The fourth-order valence-electron chi connectivity index (χ4n) is 1.78. The van der Waals surface area contributed by atoms with Crippen LogP contribution >= 0.6 is 38.9 Å². The lowest BCUT2D eigenvalue weighted by molar-refractivity contribution is 0.553. The molecule has 1 heterocycles. The van der Waals surface area contributed by atoms with Gasteiger partial charge in [-0.05, 0) is 36.1 Å². The second-order valence-electron chi connectivity index (χ2n) is 4.17. The van der Waals surface area contributed by atoms with Gasteiger partial charge in [-0.3, -0.25) is 0 Å². The molecule has 0 amide bonds. The van der Waals surface area contributed by atoms with Crippen LogP contribution < -0.4 is 4.72 Å². The van der Waals surface area contributed by atoms with Gasteiger partial charge in [-0.1, -0.05) is 40.5 Å². The number of thiophene rings is 1. The maximum Gasteiger partial charge on any atom is 0.242 e. The van der Waals surface area contributed by atoms with E-state index in [4.69, 9.17) is 11.6 Å². The molecule has 0 saturated carbocycles. The average Bonchev–Trinajstić information content (AvgIpc) is 2.89. The first-order valence-corrected chi connectivity index (χ1v) is 9.48. The highest BCUT2D eigenvalue weighted by atomic mass is 79.9. The lowest BCUT2D eigenvalue weighted by Gasteiger charge is -2.16. The molecule has 0 aliphatic carbocycles. The largest absolute Gasteiger partial charge is 0.242 e. The summed E-state index contributed by atoms with van der Waals surface area (Å²) >= 11 is 10.8. The molecule has 0 radical (unpaired) electrons. The van der Waals surface area contributed by atoms with Crippen LogP contribution in [0.3, 0.4) is 0 Å². The minimum atomic E-state index is -3.64. The van der Waals surface area contributed by atoms with E-state index in [1.165, 1.54) is 17.4 Å². The molecule has 108 valence electrons. The van der Waals surface area contributed by atoms with Gasteiger partial charge in [-0.15, -0.1) is 11.3 Å². The molecule has 0 fully saturated rings. The Morgan fingerprint density at radius 1 is 1.40 bits per heavy atom. The number of hydrogen-bond donors (Lipinski definition) is 1. The Morgan fingerprint density at radius 3 is 2.70 bits per heavy atom. The lowest BCUT2D eigenvalue weighted by atomic mass is 10.2. The van der Waals surface area contributed by atoms with Crippen molar-refractivity contribution in [2.75, 3.05) is 0 Å². The fourth-order valence-corrected chi connectivity index (χ4v) is 5.05. The molecular weight excluding hydrogens is 382 g/mol. The standard InChI is InChI=1S/C13H13BrClNO2S2/c1-2-11(12-4-3-7-19-12)16-20(17,18)13-6-5-9(14)8-10(13)15/h3-8,11,16H,2H2,1H3. The summed E-state index contributed by atoms with van der Waals surface area (Å²) in [6.07, 6.45) is 0.674. The summed E-state index contributed by atoms with van der Waals surface area (Å²) in [7, 11) is -3.64. The summed E-state index contributed by atoms with van der Waals surface area (Å²) in [5, 5.41) is 2.13. The van der Waals surface area contributed by atoms with Crippen molar-refractivity contribution in [2.45, 2.75) is 24.3 Å². The topological polar surface area (TPSA) is 46.2 Å². The van der Waals surface area contributed by atoms with Crippen LogP contribution in [0.15, 0.2) is 45.1 Å². The van der Waals surface area contributed by atoms with Crippen molar-refractivity contribution in [1.29, 1.82) is 0 Å². The third-order valence-electron chi connectivity index (χ3n) is 2.78. The Kier molecular flexibility index (Phi) is 5.25. The Labute approximate surface area is 136 Å². The van der Waals surface area contributed by atoms with Crippen molar-refractivity contribution in [1.82, 2.24) is 4.72 Å². The van der Waals surface area contributed by atoms with Crippen LogP contribution in [0.4, 0.5) is 0 Å². The van der Waals surface area contributed by atoms with Crippen molar-refractivity contribution >= 4 is 48.9 Å². The summed E-state index contributed by atoms with van der Waals surface area (Å²) in [6, 6.07) is 8.32. The monoisotopic (exact) mass is 393 g/mol. The van der Waals surface area contributed by atoms with Gasteiger partial charge in [0.15, 0.2) is 0 Å². The molecule has 0 saturated heterocycles. The van der Waals surface area contributed by atoms with E-state index in [0.29, 0.717) is 6.42 Å². The zero-order valence-electron chi connectivity index (χ0n) is 10.6. The molecule has 0 spiro atoms. The smallest absolute Gasteiger partial charge is 0.207 e. The second kappa shape index (κ2) is 6.58. The zero-order chi connectivity index (χ0) is 14.8.